The fourth-order valence-corrected chi connectivity index (χ4v) is 2.64. The Balaban J connectivity index is 1.97. The molecular formula is C13H23NO2. The Morgan fingerprint density at radius 1 is 1.38 bits per heavy atom. The van der Waals surface area contributed by atoms with Crippen LogP contribution in [-0.2, 0) is 4.74 Å². The van der Waals surface area contributed by atoms with E-state index in [9.17, 15) is 5.11 Å². The predicted molar refractivity (Wildman–Crippen MR) is 64.2 cm³/mol. The summed E-state index contributed by atoms with van der Waals surface area (Å²) in [7, 11) is 0. The Morgan fingerprint density at radius 2 is 2.06 bits per heavy atom. The average molecular weight is 225 g/mol. The summed E-state index contributed by atoms with van der Waals surface area (Å²) in [6, 6.07) is 0.584. The number of piperidine rings is 1. The molecular weight excluding hydrogens is 202 g/mol. The van der Waals surface area contributed by atoms with Gasteiger partial charge in [-0.3, -0.25) is 0 Å². The third-order valence-corrected chi connectivity index (χ3v) is 3.89. The molecule has 0 radical (unpaired) electrons. The summed E-state index contributed by atoms with van der Waals surface area (Å²) in [5.74, 6) is 0. The molecule has 92 valence electrons. The van der Waals surface area contributed by atoms with E-state index < -0.39 is 5.60 Å². The quantitative estimate of drug-likeness (QED) is 0.779. The first-order valence-electron chi connectivity index (χ1n) is 6.39. The lowest BCUT2D eigenvalue weighted by molar-refractivity contribution is -0.00700. The molecule has 0 aliphatic carbocycles. The Kier molecular flexibility index (Phi) is 3.55. The molecule has 0 unspecified atom stereocenters. The highest BCUT2D eigenvalue weighted by atomic mass is 16.5. The maximum atomic E-state index is 10.6. The highest BCUT2D eigenvalue weighted by Gasteiger charge is 2.36. The van der Waals surface area contributed by atoms with Crippen molar-refractivity contribution in [1.82, 2.24) is 4.90 Å². The van der Waals surface area contributed by atoms with Crippen LogP contribution in [-0.4, -0.2) is 41.3 Å². The topological polar surface area (TPSA) is 32.7 Å². The van der Waals surface area contributed by atoms with Gasteiger partial charge in [0.2, 0.25) is 0 Å². The number of likely N-dealkylation sites (tertiary alicyclic amines) is 1. The molecule has 0 atom stereocenters. The van der Waals surface area contributed by atoms with Crippen LogP contribution in [0.5, 0.6) is 0 Å². The summed E-state index contributed by atoms with van der Waals surface area (Å²) in [5.41, 5.74) is 0.522. The van der Waals surface area contributed by atoms with E-state index in [4.69, 9.17) is 4.74 Å². The normalized spacial score (nSPS) is 26.4. The Hall–Kier alpha value is -0.540. The number of aliphatic hydroxyl groups is 1. The van der Waals surface area contributed by atoms with Gasteiger partial charge in [0.05, 0.1) is 18.5 Å². The van der Waals surface area contributed by atoms with Gasteiger partial charge >= 0.3 is 0 Å². The summed E-state index contributed by atoms with van der Waals surface area (Å²) in [4.78, 5) is 2.43. The van der Waals surface area contributed by atoms with E-state index in [0.717, 1.165) is 51.0 Å². The second-order valence-electron chi connectivity index (χ2n) is 5.28. The van der Waals surface area contributed by atoms with E-state index >= 15 is 0 Å². The van der Waals surface area contributed by atoms with Crippen molar-refractivity contribution in [3.05, 3.63) is 11.8 Å². The molecule has 3 heteroatoms. The highest BCUT2D eigenvalue weighted by molar-refractivity contribution is 5.17. The van der Waals surface area contributed by atoms with Crippen molar-refractivity contribution in [2.45, 2.75) is 51.2 Å². The zero-order chi connectivity index (χ0) is 11.6. The molecule has 2 aliphatic heterocycles. The molecule has 1 N–H and O–H groups in total. The molecule has 0 aromatic rings. The van der Waals surface area contributed by atoms with E-state index in [0.29, 0.717) is 6.04 Å². The zero-order valence-corrected chi connectivity index (χ0v) is 10.4. The van der Waals surface area contributed by atoms with Gasteiger partial charge in [-0.15, -0.1) is 0 Å². The van der Waals surface area contributed by atoms with Gasteiger partial charge in [-0.25, -0.2) is 0 Å². The highest BCUT2D eigenvalue weighted by Crippen LogP contribution is 2.34. The molecule has 1 saturated heterocycles. The predicted octanol–water partition coefficient (Wildman–Crippen LogP) is 1.92. The average Bonchev–Trinajstić information content (AvgIpc) is 2.31. The number of nitrogens with zero attached hydrogens (tertiary/aromatic N) is 1. The van der Waals surface area contributed by atoms with E-state index in [1.165, 1.54) is 0 Å². The van der Waals surface area contributed by atoms with Crippen LogP contribution >= 0.6 is 0 Å². The molecule has 2 rings (SSSR count). The van der Waals surface area contributed by atoms with Gasteiger partial charge < -0.3 is 14.7 Å². The maximum absolute atomic E-state index is 10.6. The van der Waals surface area contributed by atoms with Gasteiger partial charge in [-0.1, -0.05) is 0 Å². The zero-order valence-electron chi connectivity index (χ0n) is 10.4. The largest absolute Gasteiger partial charge is 0.501 e. The molecule has 3 nitrogen and oxygen atoms in total. The van der Waals surface area contributed by atoms with E-state index in [-0.39, 0.29) is 0 Å². The molecule has 2 aliphatic rings. The summed E-state index contributed by atoms with van der Waals surface area (Å²) < 4.78 is 5.34. The lowest BCUT2D eigenvalue weighted by atomic mass is 9.82. The third kappa shape index (κ3) is 2.41. The smallest absolute Gasteiger partial charge is 0.0913 e. The Bertz CT molecular complexity index is 265. The monoisotopic (exact) mass is 225 g/mol. The van der Waals surface area contributed by atoms with Crippen molar-refractivity contribution < 1.29 is 9.84 Å². The van der Waals surface area contributed by atoms with Crippen molar-refractivity contribution in [3.63, 3.8) is 0 Å². The van der Waals surface area contributed by atoms with Crippen molar-refractivity contribution in [1.29, 1.82) is 0 Å². The molecule has 0 bridgehead atoms. The standard InChI is InChI=1S/C13H23NO2/c1-11(2)14-7-5-13(15,6-8-14)12-4-3-9-16-10-12/h10-11,15H,3-9H2,1-2H3. The summed E-state index contributed by atoms with van der Waals surface area (Å²) in [6.07, 6.45) is 5.54. The van der Waals surface area contributed by atoms with E-state index in [1.54, 1.807) is 6.26 Å². The van der Waals surface area contributed by atoms with Crippen LogP contribution in [0.15, 0.2) is 11.8 Å². The fraction of sp³-hybridized carbons (Fsp3) is 0.846. The maximum Gasteiger partial charge on any atom is 0.0913 e. The van der Waals surface area contributed by atoms with Gasteiger partial charge in [-0.05, 0) is 45.1 Å². The van der Waals surface area contributed by atoms with Crippen LogP contribution < -0.4 is 0 Å². The van der Waals surface area contributed by atoms with Gasteiger partial charge in [0, 0.05) is 19.1 Å². The number of ether oxygens (including phenoxy) is 1. The molecule has 0 amide bonds. The van der Waals surface area contributed by atoms with Gasteiger partial charge in [0.1, 0.15) is 0 Å². The first kappa shape index (κ1) is 11.9. The molecule has 2 heterocycles. The molecule has 0 spiro atoms. The van der Waals surface area contributed by atoms with Gasteiger partial charge in [0.25, 0.3) is 0 Å². The second kappa shape index (κ2) is 4.76. The Morgan fingerprint density at radius 3 is 2.56 bits per heavy atom. The Labute approximate surface area is 98.1 Å². The summed E-state index contributed by atoms with van der Waals surface area (Å²) in [6.45, 7) is 7.22. The number of hydrogen-bond acceptors (Lipinski definition) is 3. The number of rotatable bonds is 2. The SMILES string of the molecule is CC(C)N1CCC(O)(C2=COCCC2)CC1. The van der Waals surface area contributed by atoms with Gasteiger partial charge in [-0.2, -0.15) is 0 Å². The van der Waals surface area contributed by atoms with Crippen LogP contribution in [0.3, 0.4) is 0 Å². The minimum atomic E-state index is -0.591. The minimum Gasteiger partial charge on any atom is -0.501 e. The first-order chi connectivity index (χ1) is 7.62. The van der Waals surface area contributed by atoms with Crippen LogP contribution in [0, 0.1) is 0 Å². The van der Waals surface area contributed by atoms with Crippen molar-refractivity contribution in [2.24, 2.45) is 0 Å². The summed E-state index contributed by atoms with van der Waals surface area (Å²) >= 11 is 0. The minimum absolute atomic E-state index is 0.584. The van der Waals surface area contributed by atoms with Gasteiger partial charge in [0.15, 0.2) is 0 Å². The van der Waals surface area contributed by atoms with Crippen LogP contribution in [0.25, 0.3) is 0 Å². The fourth-order valence-electron chi connectivity index (χ4n) is 2.64. The van der Waals surface area contributed by atoms with Crippen molar-refractivity contribution >= 4 is 0 Å². The second-order valence-corrected chi connectivity index (χ2v) is 5.28. The lowest BCUT2D eigenvalue weighted by Gasteiger charge is -2.41. The van der Waals surface area contributed by atoms with Crippen LogP contribution in [0.1, 0.15) is 39.5 Å². The molecule has 16 heavy (non-hydrogen) atoms. The van der Waals surface area contributed by atoms with E-state index in [1.807, 2.05) is 0 Å². The first-order valence-corrected chi connectivity index (χ1v) is 6.39. The lowest BCUT2D eigenvalue weighted by Crippen LogP contribution is -2.48. The van der Waals surface area contributed by atoms with Crippen molar-refractivity contribution in [2.75, 3.05) is 19.7 Å². The number of hydrogen-bond donors (Lipinski definition) is 1. The molecule has 0 aromatic heterocycles. The van der Waals surface area contributed by atoms with Crippen molar-refractivity contribution in [3.8, 4) is 0 Å². The molecule has 0 saturated carbocycles. The van der Waals surface area contributed by atoms with E-state index in [2.05, 4.69) is 18.7 Å². The summed E-state index contributed by atoms with van der Waals surface area (Å²) in [5, 5.41) is 10.6. The van der Waals surface area contributed by atoms with Crippen LogP contribution in [0.4, 0.5) is 0 Å². The molecule has 1 fully saturated rings. The molecule has 0 aromatic carbocycles. The third-order valence-electron chi connectivity index (χ3n) is 3.89. The van der Waals surface area contributed by atoms with Crippen LogP contribution in [0.2, 0.25) is 0 Å².